The van der Waals surface area contributed by atoms with Crippen LogP contribution in [0.3, 0.4) is 0 Å². The van der Waals surface area contributed by atoms with Crippen LogP contribution in [-0.2, 0) is 6.54 Å². The molecule has 1 aromatic carbocycles. The monoisotopic (exact) mass is 244 g/mol. The second-order valence-corrected chi connectivity index (χ2v) is 4.10. The summed E-state index contributed by atoms with van der Waals surface area (Å²) in [6.45, 7) is 4.80. The van der Waals surface area contributed by atoms with E-state index in [9.17, 15) is 4.79 Å². The van der Waals surface area contributed by atoms with Gasteiger partial charge in [0, 0.05) is 18.0 Å². The summed E-state index contributed by atoms with van der Waals surface area (Å²) < 4.78 is 7.65. The van der Waals surface area contributed by atoms with Crippen molar-refractivity contribution in [1.29, 1.82) is 0 Å². The smallest absolute Gasteiger partial charge is 0.159 e. The van der Waals surface area contributed by atoms with Crippen LogP contribution in [0.2, 0.25) is 0 Å². The lowest BCUT2D eigenvalue weighted by Gasteiger charge is -2.08. The minimum absolute atomic E-state index is 0.0471. The number of nitrogens with zero attached hydrogens (tertiary/aromatic N) is 2. The number of imidazole rings is 1. The summed E-state index contributed by atoms with van der Waals surface area (Å²) >= 11 is 0. The molecule has 1 heterocycles. The molecule has 0 aliphatic carbocycles. The predicted molar refractivity (Wildman–Crippen MR) is 68.9 cm³/mol. The quantitative estimate of drug-likeness (QED) is 0.759. The average molecular weight is 244 g/mol. The first-order valence-electron chi connectivity index (χ1n) is 5.88. The molecule has 0 amide bonds. The third-order valence-corrected chi connectivity index (χ3v) is 2.77. The van der Waals surface area contributed by atoms with Gasteiger partial charge in [0.05, 0.1) is 6.54 Å². The van der Waals surface area contributed by atoms with Gasteiger partial charge < -0.3 is 9.30 Å². The van der Waals surface area contributed by atoms with Gasteiger partial charge in [0.1, 0.15) is 18.2 Å². The number of carbonyl (C=O) groups is 1. The second-order valence-electron chi connectivity index (χ2n) is 4.10. The first kappa shape index (κ1) is 12.4. The maximum atomic E-state index is 11.2. The molecule has 0 aliphatic heterocycles. The Bertz CT molecular complexity index is 546. The van der Waals surface area contributed by atoms with Crippen LogP contribution in [0.1, 0.15) is 23.1 Å². The molecule has 0 saturated heterocycles. The Balaban J connectivity index is 1.92. The Morgan fingerprint density at radius 2 is 2.28 bits per heavy atom. The summed E-state index contributed by atoms with van der Waals surface area (Å²) in [5.41, 5.74) is 0.673. The minimum atomic E-state index is 0.0471. The molecule has 0 N–H and O–H groups in total. The highest BCUT2D eigenvalue weighted by molar-refractivity contribution is 5.94. The topological polar surface area (TPSA) is 44.1 Å². The summed E-state index contributed by atoms with van der Waals surface area (Å²) in [6, 6.07) is 7.24. The number of Topliss-reactive ketones (excluding diaryl/α,β-unsaturated/α-hetero) is 1. The Morgan fingerprint density at radius 1 is 1.44 bits per heavy atom. The fourth-order valence-corrected chi connectivity index (χ4v) is 1.71. The van der Waals surface area contributed by atoms with E-state index >= 15 is 0 Å². The van der Waals surface area contributed by atoms with Crippen molar-refractivity contribution >= 4 is 5.78 Å². The number of aromatic nitrogens is 2. The van der Waals surface area contributed by atoms with Crippen molar-refractivity contribution in [3.05, 3.63) is 48.0 Å². The lowest BCUT2D eigenvalue weighted by Crippen LogP contribution is -2.09. The van der Waals surface area contributed by atoms with E-state index in [1.165, 1.54) is 0 Å². The predicted octanol–water partition coefficient (Wildman–Crippen LogP) is 2.47. The second kappa shape index (κ2) is 5.49. The highest BCUT2D eigenvalue weighted by Gasteiger charge is 2.01. The van der Waals surface area contributed by atoms with E-state index in [4.69, 9.17) is 4.74 Å². The number of benzene rings is 1. The van der Waals surface area contributed by atoms with Gasteiger partial charge in [-0.1, -0.05) is 12.1 Å². The number of ketones is 1. The van der Waals surface area contributed by atoms with Gasteiger partial charge in [-0.05, 0) is 26.0 Å². The van der Waals surface area contributed by atoms with E-state index in [-0.39, 0.29) is 5.78 Å². The van der Waals surface area contributed by atoms with Crippen molar-refractivity contribution in [3.63, 3.8) is 0 Å². The fraction of sp³-hybridized carbons (Fsp3) is 0.286. The van der Waals surface area contributed by atoms with Crippen LogP contribution in [0, 0.1) is 6.92 Å². The van der Waals surface area contributed by atoms with Gasteiger partial charge in [0.2, 0.25) is 0 Å². The van der Waals surface area contributed by atoms with Crippen LogP contribution >= 0.6 is 0 Å². The van der Waals surface area contributed by atoms with Crippen LogP contribution < -0.4 is 4.74 Å². The molecule has 2 aromatic rings. The third kappa shape index (κ3) is 2.97. The number of hydrogen-bond acceptors (Lipinski definition) is 3. The molecule has 0 bridgehead atoms. The van der Waals surface area contributed by atoms with Crippen molar-refractivity contribution in [3.8, 4) is 5.75 Å². The SMILES string of the molecule is CC(=O)c1cccc(OCCn2ccnc2C)c1. The standard InChI is InChI=1S/C14H16N2O2/c1-11(17)13-4-3-5-14(10-13)18-9-8-16-7-6-15-12(16)2/h3-7,10H,8-9H2,1-2H3. The summed E-state index contributed by atoms with van der Waals surface area (Å²) in [5, 5.41) is 0. The summed E-state index contributed by atoms with van der Waals surface area (Å²) in [4.78, 5) is 15.4. The molecule has 2 rings (SSSR count). The fourth-order valence-electron chi connectivity index (χ4n) is 1.71. The Morgan fingerprint density at radius 3 is 2.94 bits per heavy atom. The largest absolute Gasteiger partial charge is 0.492 e. The maximum Gasteiger partial charge on any atom is 0.159 e. The van der Waals surface area contributed by atoms with E-state index in [2.05, 4.69) is 4.98 Å². The minimum Gasteiger partial charge on any atom is -0.492 e. The maximum absolute atomic E-state index is 11.2. The first-order valence-corrected chi connectivity index (χ1v) is 5.88. The molecule has 0 unspecified atom stereocenters. The zero-order valence-corrected chi connectivity index (χ0v) is 10.6. The molecule has 0 radical (unpaired) electrons. The number of ether oxygens (including phenoxy) is 1. The van der Waals surface area contributed by atoms with Gasteiger partial charge in [-0.15, -0.1) is 0 Å². The lowest BCUT2D eigenvalue weighted by molar-refractivity contribution is 0.101. The van der Waals surface area contributed by atoms with Crippen LogP contribution in [-0.4, -0.2) is 21.9 Å². The van der Waals surface area contributed by atoms with Gasteiger partial charge >= 0.3 is 0 Å². The normalized spacial score (nSPS) is 10.3. The van der Waals surface area contributed by atoms with Crippen molar-refractivity contribution in [2.24, 2.45) is 0 Å². The van der Waals surface area contributed by atoms with Gasteiger partial charge in [-0.25, -0.2) is 4.98 Å². The van der Waals surface area contributed by atoms with Gasteiger partial charge in [0.25, 0.3) is 0 Å². The lowest BCUT2D eigenvalue weighted by atomic mass is 10.1. The number of carbonyl (C=O) groups excluding carboxylic acids is 1. The van der Waals surface area contributed by atoms with E-state index in [0.29, 0.717) is 12.2 Å². The van der Waals surface area contributed by atoms with Crippen molar-refractivity contribution in [2.75, 3.05) is 6.61 Å². The molecule has 0 saturated carbocycles. The summed E-state index contributed by atoms with van der Waals surface area (Å²) in [6.07, 6.45) is 3.69. The van der Waals surface area contributed by atoms with Gasteiger partial charge in [-0.3, -0.25) is 4.79 Å². The zero-order chi connectivity index (χ0) is 13.0. The van der Waals surface area contributed by atoms with Crippen LogP contribution in [0.25, 0.3) is 0 Å². The zero-order valence-electron chi connectivity index (χ0n) is 10.6. The molecule has 0 spiro atoms. The van der Waals surface area contributed by atoms with E-state index < -0.39 is 0 Å². The molecular formula is C14H16N2O2. The van der Waals surface area contributed by atoms with Crippen molar-refractivity contribution in [1.82, 2.24) is 9.55 Å². The van der Waals surface area contributed by atoms with Crippen LogP contribution in [0.4, 0.5) is 0 Å². The third-order valence-electron chi connectivity index (χ3n) is 2.77. The molecule has 1 aromatic heterocycles. The Kier molecular flexibility index (Phi) is 3.77. The molecule has 0 atom stereocenters. The van der Waals surface area contributed by atoms with Gasteiger partial charge in [0.15, 0.2) is 5.78 Å². The van der Waals surface area contributed by atoms with Crippen LogP contribution in [0.5, 0.6) is 5.75 Å². The molecule has 4 nitrogen and oxygen atoms in total. The number of aryl methyl sites for hydroxylation is 1. The van der Waals surface area contributed by atoms with E-state index in [1.807, 2.05) is 29.8 Å². The molecular weight excluding hydrogens is 228 g/mol. The van der Waals surface area contributed by atoms with E-state index in [1.54, 1.807) is 25.3 Å². The molecule has 94 valence electrons. The molecule has 0 aliphatic rings. The highest BCUT2D eigenvalue weighted by Crippen LogP contribution is 2.13. The van der Waals surface area contributed by atoms with Gasteiger partial charge in [-0.2, -0.15) is 0 Å². The number of hydrogen-bond donors (Lipinski definition) is 0. The van der Waals surface area contributed by atoms with E-state index in [0.717, 1.165) is 18.1 Å². The molecule has 4 heteroatoms. The summed E-state index contributed by atoms with van der Waals surface area (Å²) in [5.74, 6) is 1.74. The Labute approximate surface area is 106 Å². The highest BCUT2D eigenvalue weighted by atomic mass is 16.5. The number of rotatable bonds is 5. The summed E-state index contributed by atoms with van der Waals surface area (Å²) in [7, 11) is 0. The van der Waals surface area contributed by atoms with Crippen molar-refractivity contribution < 1.29 is 9.53 Å². The van der Waals surface area contributed by atoms with Crippen LogP contribution in [0.15, 0.2) is 36.7 Å². The molecule has 0 fully saturated rings. The Hall–Kier alpha value is -2.10. The van der Waals surface area contributed by atoms with Crippen molar-refractivity contribution in [2.45, 2.75) is 20.4 Å². The molecule has 18 heavy (non-hydrogen) atoms. The average Bonchev–Trinajstić information content (AvgIpc) is 2.76. The first-order chi connectivity index (χ1) is 8.66.